The Morgan fingerprint density at radius 2 is 2.13 bits per heavy atom. The Balaban J connectivity index is 2.50. The fraction of sp³-hybridized carbons (Fsp3) is 1.00. The number of nitrogens with two attached hydrogens (primary N) is 1. The molecule has 0 aliphatic carbocycles. The molecule has 1 saturated heterocycles. The fourth-order valence-electron chi connectivity index (χ4n) is 2.50. The summed E-state index contributed by atoms with van der Waals surface area (Å²) in [6, 6.07) is 1.31. The summed E-state index contributed by atoms with van der Waals surface area (Å²) < 4.78 is 0. The molecule has 0 aromatic carbocycles. The van der Waals surface area contributed by atoms with Crippen molar-refractivity contribution in [3.63, 3.8) is 0 Å². The summed E-state index contributed by atoms with van der Waals surface area (Å²) in [5.41, 5.74) is 5.90. The van der Waals surface area contributed by atoms with Crippen LogP contribution in [0.25, 0.3) is 0 Å². The van der Waals surface area contributed by atoms with Gasteiger partial charge in [0.2, 0.25) is 0 Å². The van der Waals surface area contributed by atoms with Crippen molar-refractivity contribution in [2.45, 2.75) is 38.8 Å². The van der Waals surface area contributed by atoms with E-state index in [0.29, 0.717) is 6.04 Å². The highest BCUT2D eigenvalue weighted by atomic mass is 15.3. The van der Waals surface area contributed by atoms with Gasteiger partial charge >= 0.3 is 0 Å². The van der Waals surface area contributed by atoms with Gasteiger partial charge in [0.15, 0.2) is 0 Å². The highest BCUT2D eigenvalue weighted by molar-refractivity contribution is 4.87. The largest absolute Gasteiger partial charge is 0.329 e. The van der Waals surface area contributed by atoms with Gasteiger partial charge in [-0.1, -0.05) is 20.3 Å². The number of rotatable bonds is 5. The minimum atomic E-state index is 0.583. The van der Waals surface area contributed by atoms with E-state index in [0.717, 1.165) is 18.5 Å². The van der Waals surface area contributed by atoms with Crippen LogP contribution in [0.15, 0.2) is 0 Å². The zero-order valence-corrected chi connectivity index (χ0v) is 10.7. The van der Waals surface area contributed by atoms with Crippen LogP contribution in [0.5, 0.6) is 0 Å². The third-order valence-electron chi connectivity index (χ3n) is 3.94. The molecule has 0 amide bonds. The van der Waals surface area contributed by atoms with E-state index in [4.69, 9.17) is 5.73 Å². The van der Waals surface area contributed by atoms with Crippen molar-refractivity contribution in [2.24, 2.45) is 11.7 Å². The van der Waals surface area contributed by atoms with E-state index < -0.39 is 0 Å². The van der Waals surface area contributed by atoms with E-state index in [9.17, 15) is 0 Å². The molecule has 1 aliphatic heterocycles. The van der Waals surface area contributed by atoms with E-state index in [-0.39, 0.29) is 0 Å². The van der Waals surface area contributed by atoms with Gasteiger partial charge in [0, 0.05) is 31.7 Å². The number of hydrogen-bond donors (Lipinski definition) is 1. The highest BCUT2D eigenvalue weighted by Crippen LogP contribution is 2.21. The van der Waals surface area contributed by atoms with Crippen LogP contribution in [0.1, 0.15) is 26.7 Å². The van der Waals surface area contributed by atoms with Gasteiger partial charge in [-0.05, 0) is 26.4 Å². The summed E-state index contributed by atoms with van der Waals surface area (Å²) in [5, 5.41) is 0. The average molecular weight is 213 g/mol. The summed E-state index contributed by atoms with van der Waals surface area (Å²) in [6.07, 6.45) is 2.52. The van der Waals surface area contributed by atoms with Crippen LogP contribution in [-0.4, -0.2) is 55.6 Å². The minimum absolute atomic E-state index is 0.583. The summed E-state index contributed by atoms with van der Waals surface area (Å²) in [6.45, 7) is 7.79. The second-order valence-corrected chi connectivity index (χ2v) is 5.09. The van der Waals surface area contributed by atoms with Crippen molar-refractivity contribution >= 4 is 0 Å². The van der Waals surface area contributed by atoms with Crippen LogP contribution < -0.4 is 5.73 Å². The Labute approximate surface area is 94.6 Å². The molecule has 15 heavy (non-hydrogen) atoms. The molecule has 1 heterocycles. The van der Waals surface area contributed by atoms with Crippen LogP contribution in [0.3, 0.4) is 0 Å². The van der Waals surface area contributed by atoms with Gasteiger partial charge < -0.3 is 10.6 Å². The zero-order chi connectivity index (χ0) is 11.4. The first kappa shape index (κ1) is 12.9. The molecule has 2 N–H and O–H groups in total. The Morgan fingerprint density at radius 3 is 2.53 bits per heavy atom. The first-order chi connectivity index (χ1) is 7.10. The van der Waals surface area contributed by atoms with Crippen molar-refractivity contribution in [1.82, 2.24) is 9.80 Å². The van der Waals surface area contributed by atoms with Gasteiger partial charge in [0.05, 0.1) is 0 Å². The average Bonchev–Trinajstić information content (AvgIpc) is 2.68. The molecule has 0 spiro atoms. The minimum Gasteiger partial charge on any atom is -0.329 e. The van der Waals surface area contributed by atoms with Crippen molar-refractivity contribution in [2.75, 3.05) is 33.7 Å². The standard InChI is InChI=1S/C12H27N3/c1-5-10(2)12(8-13)15-7-6-11(9-15)14(3)4/h10-12H,5-9,13H2,1-4H3. The number of likely N-dealkylation sites (tertiary alicyclic amines) is 1. The van der Waals surface area contributed by atoms with Gasteiger partial charge in [-0.2, -0.15) is 0 Å². The first-order valence-electron chi connectivity index (χ1n) is 6.20. The van der Waals surface area contributed by atoms with E-state index in [1.54, 1.807) is 0 Å². The SMILES string of the molecule is CCC(C)C(CN)N1CCC(N(C)C)C1. The predicted molar refractivity (Wildman–Crippen MR) is 66.0 cm³/mol. The van der Waals surface area contributed by atoms with Crippen LogP contribution >= 0.6 is 0 Å². The van der Waals surface area contributed by atoms with Gasteiger partial charge in [0.1, 0.15) is 0 Å². The smallest absolute Gasteiger partial charge is 0.0244 e. The quantitative estimate of drug-likeness (QED) is 0.739. The second-order valence-electron chi connectivity index (χ2n) is 5.09. The predicted octanol–water partition coefficient (Wildman–Crippen LogP) is 0.996. The molecule has 3 atom stereocenters. The van der Waals surface area contributed by atoms with Crippen LogP contribution in [0.4, 0.5) is 0 Å². The molecule has 1 rings (SSSR count). The van der Waals surface area contributed by atoms with Crippen LogP contribution in [0, 0.1) is 5.92 Å². The summed E-state index contributed by atoms with van der Waals surface area (Å²) in [4.78, 5) is 4.92. The van der Waals surface area contributed by atoms with Crippen molar-refractivity contribution in [3.05, 3.63) is 0 Å². The highest BCUT2D eigenvalue weighted by Gasteiger charge is 2.30. The molecule has 0 bridgehead atoms. The van der Waals surface area contributed by atoms with E-state index in [1.165, 1.54) is 25.9 Å². The first-order valence-corrected chi connectivity index (χ1v) is 6.20. The molecule has 90 valence electrons. The Hall–Kier alpha value is -0.120. The van der Waals surface area contributed by atoms with Gasteiger partial charge in [-0.15, -0.1) is 0 Å². The Kier molecular flexibility index (Phi) is 5.03. The molecule has 0 radical (unpaired) electrons. The number of nitrogens with zero attached hydrogens (tertiary/aromatic N) is 2. The lowest BCUT2D eigenvalue weighted by molar-refractivity contribution is 0.170. The Bertz CT molecular complexity index is 182. The monoisotopic (exact) mass is 213 g/mol. The van der Waals surface area contributed by atoms with Gasteiger partial charge in [-0.25, -0.2) is 0 Å². The summed E-state index contributed by atoms with van der Waals surface area (Å²) >= 11 is 0. The molecular formula is C12H27N3. The van der Waals surface area contributed by atoms with E-state index in [2.05, 4.69) is 37.7 Å². The third-order valence-corrected chi connectivity index (χ3v) is 3.94. The maximum Gasteiger partial charge on any atom is 0.0244 e. The maximum absolute atomic E-state index is 5.90. The lowest BCUT2D eigenvalue weighted by atomic mass is 9.98. The number of likely N-dealkylation sites (N-methyl/N-ethyl adjacent to an activating group) is 1. The topological polar surface area (TPSA) is 32.5 Å². The molecule has 0 saturated carbocycles. The molecular weight excluding hydrogens is 186 g/mol. The van der Waals surface area contributed by atoms with Crippen molar-refractivity contribution < 1.29 is 0 Å². The number of hydrogen-bond acceptors (Lipinski definition) is 3. The molecule has 0 aromatic rings. The molecule has 1 fully saturated rings. The molecule has 3 heteroatoms. The maximum atomic E-state index is 5.90. The summed E-state index contributed by atoms with van der Waals surface area (Å²) in [5.74, 6) is 0.718. The van der Waals surface area contributed by atoms with Gasteiger partial charge in [0.25, 0.3) is 0 Å². The molecule has 1 aliphatic rings. The molecule has 3 unspecified atom stereocenters. The molecule has 0 aromatic heterocycles. The second kappa shape index (κ2) is 5.83. The van der Waals surface area contributed by atoms with Crippen LogP contribution in [-0.2, 0) is 0 Å². The molecule has 3 nitrogen and oxygen atoms in total. The lowest BCUT2D eigenvalue weighted by Gasteiger charge is -2.32. The lowest BCUT2D eigenvalue weighted by Crippen LogP contribution is -2.44. The Morgan fingerprint density at radius 1 is 1.47 bits per heavy atom. The summed E-state index contributed by atoms with van der Waals surface area (Å²) in [7, 11) is 4.35. The van der Waals surface area contributed by atoms with Crippen molar-refractivity contribution in [1.29, 1.82) is 0 Å². The fourth-order valence-corrected chi connectivity index (χ4v) is 2.50. The van der Waals surface area contributed by atoms with Crippen LogP contribution in [0.2, 0.25) is 0 Å². The van der Waals surface area contributed by atoms with E-state index >= 15 is 0 Å². The van der Waals surface area contributed by atoms with E-state index in [1.807, 2.05) is 0 Å². The zero-order valence-electron chi connectivity index (χ0n) is 10.7. The van der Waals surface area contributed by atoms with Gasteiger partial charge in [-0.3, -0.25) is 4.90 Å². The van der Waals surface area contributed by atoms with Crippen molar-refractivity contribution in [3.8, 4) is 0 Å². The normalized spacial score (nSPS) is 27.2. The third kappa shape index (κ3) is 3.16.